The second-order valence-electron chi connectivity index (χ2n) is 12.2. The van der Waals surface area contributed by atoms with E-state index in [0.29, 0.717) is 51.6 Å². The lowest BCUT2D eigenvalue weighted by Gasteiger charge is -2.41. The SMILES string of the molecule is CN(C)C1CCN(C(=O)C(Cc2cc(Cl)c(N)c(C(F)(F)F)c2)NC(=O)N2CCC(N3Cc4ccccc4NC3=O)CC2)CC1. The van der Waals surface area contributed by atoms with Crippen LogP contribution in [0.5, 0.6) is 0 Å². The van der Waals surface area contributed by atoms with E-state index in [1.807, 2.05) is 38.4 Å². The summed E-state index contributed by atoms with van der Waals surface area (Å²) in [4.78, 5) is 47.2. The van der Waals surface area contributed by atoms with Crippen LogP contribution in [-0.2, 0) is 23.9 Å². The number of nitrogens with two attached hydrogens (primary N) is 1. The molecule has 1 unspecified atom stereocenters. The number of urea groups is 2. The first-order valence-electron chi connectivity index (χ1n) is 15.1. The molecule has 244 valence electrons. The minimum atomic E-state index is -4.74. The molecule has 2 aromatic carbocycles. The second-order valence-corrected chi connectivity index (χ2v) is 12.6. The van der Waals surface area contributed by atoms with Crippen molar-refractivity contribution in [3.05, 3.63) is 58.1 Å². The zero-order valence-electron chi connectivity index (χ0n) is 25.4. The molecule has 45 heavy (non-hydrogen) atoms. The van der Waals surface area contributed by atoms with Gasteiger partial charge in [-0.2, -0.15) is 13.2 Å². The number of nitrogens with one attached hydrogen (secondary N) is 2. The predicted octanol–water partition coefficient (Wildman–Crippen LogP) is 4.63. The first-order valence-corrected chi connectivity index (χ1v) is 15.5. The molecule has 1 atom stereocenters. The first kappa shape index (κ1) is 32.7. The zero-order chi connectivity index (χ0) is 32.5. The van der Waals surface area contributed by atoms with Crippen LogP contribution in [0.25, 0.3) is 0 Å². The van der Waals surface area contributed by atoms with Gasteiger partial charge in [-0.25, -0.2) is 9.59 Å². The van der Waals surface area contributed by atoms with E-state index in [9.17, 15) is 27.6 Å². The van der Waals surface area contributed by atoms with Gasteiger partial charge in [0.05, 0.1) is 16.3 Å². The van der Waals surface area contributed by atoms with Crippen molar-refractivity contribution in [3.63, 3.8) is 0 Å². The van der Waals surface area contributed by atoms with Gasteiger partial charge in [0.2, 0.25) is 5.91 Å². The normalized spacial score (nSPS) is 18.9. The minimum Gasteiger partial charge on any atom is -0.397 e. The van der Waals surface area contributed by atoms with Crippen molar-refractivity contribution >= 4 is 40.9 Å². The van der Waals surface area contributed by atoms with Crippen molar-refractivity contribution in [2.24, 2.45) is 0 Å². The van der Waals surface area contributed by atoms with Crippen LogP contribution < -0.4 is 16.4 Å². The average molecular weight is 650 g/mol. The number of hydrogen-bond donors (Lipinski definition) is 3. The summed E-state index contributed by atoms with van der Waals surface area (Å²) >= 11 is 6.07. The lowest BCUT2D eigenvalue weighted by atomic mass is 9.98. The maximum absolute atomic E-state index is 13.8. The number of nitrogen functional groups attached to an aromatic ring is 1. The minimum absolute atomic E-state index is 0.0736. The van der Waals surface area contributed by atoms with Crippen molar-refractivity contribution in [2.45, 2.75) is 63.0 Å². The average Bonchev–Trinajstić information content (AvgIpc) is 3.01. The van der Waals surface area contributed by atoms with E-state index in [2.05, 4.69) is 15.5 Å². The van der Waals surface area contributed by atoms with Gasteiger partial charge in [-0.3, -0.25) is 4.79 Å². The number of nitrogens with zero attached hydrogens (tertiary/aromatic N) is 4. The summed E-state index contributed by atoms with van der Waals surface area (Å²) in [5.41, 5.74) is 5.90. The molecule has 3 aliphatic rings. The summed E-state index contributed by atoms with van der Waals surface area (Å²) in [6.45, 7) is 2.11. The van der Waals surface area contributed by atoms with E-state index in [1.165, 1.54) is 6.07 Å². The van der Waals surface area contributed by atoms with Gasteiger partial charge in [-0.15, -0.1) is 0 Å². The highest BCUT2D eigenvalue weighted by Gasteiger charge is 2.37. The summed E-state index contributed by atoms with van der Waals surface area (Å²) in [6, 6.07) is 8.28. The molecule has 4 N–H and O–H groups in total. The number of carbonyl (C=O) groups excluding carboxylic acids is 3. The topological polar surface area (TPSA) is 114 Å². The van der Waals surface area contributed by atoms with E-state index in [-0.39, 0.29) is 35.0 Å². The van der Waals surface area contributed by atoms with Crippen molar-refractivity contribution in [2.75, 3.05) is 51.3 Å². The highest BCUT2D eigenvalue weighted by atomic mass is 35.5. The molecule has 3 heterocycles. The first-order chi connectivity index (χ1) is 21.3. The summed E-state index contributed by atoms with van der Waals surface area (Å²) in [5, 5.41) is 5.47. The Balaban J connectivity index is 1.28. The molecule has 14 heteroatoms. The third-order valence-corrected chi connectivity index (χ3v) is 9.40. The third-order valence-electron chi connectivity index (χ3n) is 9.09. The van der Waals surface area contributed by atoms with Gasteiger partial charge in [-0.05, 0) is 69.1 Å². The third kappa shape index (κ3) is 7.41. The highest BCUT2D eigenvalue weighted by molar-refractivity contribution is 6.33. The second kappa shape index (κ2) is 13.3. The Hall–Kier alpha value is -3.71. The molecule has 0 spiro atoms. The maximum atomic E-state index is 13.8. The fourth-order valence-electron chi connectivity index (χ4n) is 6.42. The number of carbonyl (C=O) groups is 3. The van der Waals surface area contributed by atoms with Gasteiger partial charge < -0.3 is 36.0 Å². The number of benzene rings is 2. The Bertz CT molecular complexity index is 1420. The number of likely N-dealkylation sites (tertiary alicyclic amines) is 2. The molecule has 0 radical (unpaired) electrons. The van der Waals surface area contributed by atoms with Gasteiger partial charge in [-0.1, -0.05) is 29.8 Å². The number of amides is 5. The maximum Gasteiger partial charge on any atom is 0.418 e. The number of rotatable bonds is 6. The Labute approximate surface area is 265 Å². The summed E-state index contributed by atoms with van der Waals surface area (Å²) < 4.78 is 41.1. The number of para-hydroxylation sites is 1. The van der Waals surface area contributed by atoms with Crippen LogP contribution in [0.3, 0.4) is 0 Å². The van der Waals surface area contributed by atoms with Gasteiger partial charge in [0, 0.05) is 56.9 Å². The van der Waals surface area contributed by atoms with Crippen molar-refractivity contribution in [3.8, 4) is 0 Å². The molecule has 5 amide bonds. The molecule has 0 aliphatic carbocycles. The van der Waals surface area contributed by atoms with Crippen molar-refractivity contribution < 1.29 is 27.6 Å². The van der Waals surface area contributed by atoms with Crippen LogP contribution in [0.15, 0.2) is 36.4 Å². The fraction of sp³-hybridized carbons (Fsp3) is 0.516. The van der Waals surface area contributed by atoms with E-state index in [0.717, 1.165) is 30.2 Å². The number of hydrogen-bond acceptors (Lipinski definition) is 5. The predicted molar refractivity (Wildman–Crippen MR) is 166 cm³/mol. The number of anilines is 2. The molecular weight excluding hydrogens is 611 g/mol. The van der Waals surface area contributed by atoms with Crippen LogP contribution in [-0.4, -0.2) is 96.0 Å². The van der Waals surface area contributed by atoms with E-state index in [4.69, 9.17) is 17.3 Å². The number of piperidine rings is 2. The molecule has 3 aliphatic heterocycles. The van der Waals surface area contributed by atoms with E-state index < -0.39 is 29.5 Å². The molecule has 0 aromatic heterocycles. The lowest BCUT2D eigenvalue weighted by molar-refractivity contribution is -0.137. The van der Waals surface area contributed by atoms with E-state index >= 15 is 0 Å². The highest BCUT2D eigenvalue weighted by Crippen LogP contribution is 2.38. The zero-order valence-corrected chi connectivity index (χ0v) is 26.1. The van der Waals surface area contributed by atoms with Crippen LogP contribution >= 0.6 is 11.6 Å². The Morgan fingerprint density at radius 2 is 1.71 bits per heavy atom. The Morgan fingerprint density at radius 3 is 2.36 bits per heavy atom. The molecular formula is C31H39ClF3N7O3. The largest absolute Gasteiger partial charge is 0.418 e. The van der Waals surface area contributed by atoms with Crippen molar-refractivity contribution in [1.29, 1.82) is 0 Å². The molecule has 5 rings (SSSR count). The molecule has 10 nitrogen and oxygen atoms in total. The molecule has 0 saturated carbocycles. The number of halogens is 4. The standard InChI is InChI=1S/C31H39ClF3N7O3/c1-39(2)21-7-11-40(12-8-21)28(43)26(17-19-15-23(31(33,34)35)27(36)24(32)16-19)38-29(44)41-13-9-22(10-14-41)42-18-20-5-3-4-6-25(20)37-30(42)45/h3-6,15-16,21-22,26H,7-14,17-18,36H2,1-2H3,(H,37,45)(H,38,44). The molecule has 2 aromatic rings. The summed E-state index contributed by atoms with van der Waals surface area (Å²) in [6.07, 6.45) is -2.35. The van der Waals surface area contributed by atoms with Gasteiger partial charge in [0.1, 0.15) is 6.04 Å². The summed E-state index contributed by atoms with van der Waals surface area (Å²) in [5.74, 6) is -0.361. The van der Waals surface area contributed by atoms with Crippen LogP contribution in [0, 0.1) is 0 Å². The smallest absolute Gasteiger partial charge is 0.397 e. The number of alkyl halides is 3. The van der Waals surface area contributed by atoms with E-state index in [1.54, 1.807) is 14.7 Å². The van der Waals surface area contributed by atoms with Gasteiger partial charge in [0.15, 0.2) is 0 Å². The van der Waals surface area contributed by atoms with Crippen molar-refractivity contribution in [1.82, 2.24) is 24.9 Å². The summed E-state index contributed by atoms with van der Waals surface area (Å²) in [7, 11) is 3.96. The molecule has 0 bridgehead atoms. The van der Waals surface area contributed by atoms with Gasteiger partial charge in [0.25, 0.3) is 0 Å². The lowest BCUT2D eigenvalue weighted by Crippen LogP contribution is -2.57. The number of fused-ring (bicyclic) bond motifs is 1. The van der Waals surface area contributed by atoms with Gasteiger partial charge >= 0.3 is 18.2 Å². The van der Waals surface area contributed by atoms with Crippen LogP contribution in [0.2, 0.25) is 5.02 Å². The van der Waals surface area contributed by atoms with Crippen LogP contribution in [0.4, 0.5) is 34.1 Å². The monoisotopic (exact) mass is 649 g/mol. The molecule has 2 fully saturated rings. The van der Waals surface area contributed by atoms with Crippen LogP contribution in [0.1, 0.15) is 42.4 Å². The quantitative estimate of drug-likeness (QED) is 0.395. The Kier molecular flexibility index (Phi) is 9.68. The molecule has 2 saturated heterocycles. The fourth-order valence-corrected chi connectivity index (χ4v) is 6.67. The Morgan fingerprint density at radius 1 is 1.07 bits per heavy atom.